The third-order valence-corrected chi connectivity index (χ3v) is 5.96. The van der Waals surface area contributed by atoms with E-state index in [-0.39, 0.29) is 22.4 Å². The van der Waals surface area contributed by atoms with Gasteiger partial charge in [-0.25, -0.2) is 9.97 Å². The fourth-order valence-corrected chi connectivity index (χ4v) is 4.36. The summed E-state index contributed by atoms with van der Waals surface area (Å²) in [5.74, 6) is 0.646. The monoisotopic (exact) mass is 367 g/mol. The molecule has 0 radical (unpaired) electrons. The first kappa shape index (κ1) is 17.7. The van der Waals surface area contributed by atoms with Gasteiger partial charge in [0.2, 0.25) is 5.95 Å². The van der Waals surface area contributed by atoms with E-state index in [1.807, 2.05) is 11.0 Å². The van der Waals surface area contributed by atoms with Crippen molar-refractivity contribution in [1.82, 2.24) is 19.4 Å². The largest absolute Gasteiger partial charge is 0.340 e. The first-order valence-electron chi connectivity index (χ1n) is 9.55. The average Bonchev–Trinajstić information content (AvgIpc) is 2.71. The van der Waals surface area contributed by atoms with E-state index >= 15 is 0 Å². The first-order chi connectivity index (χ1) is 13.1. The number of aromatic nitrogens is 3. The predicted octanol–water partition coefficient (Wildman–Crippen LogP) is 1.70. The molecule has 1 spiro atoms. The van der Waals surface area contributed by atoms with Crippen LogP contribution in [0, 0.1) is 5.41 Å². The number of aryl methyl sites for hydroxylation is 1. The van der Waals surface area contributed by atoms with Gasteiger partial charge in [-0.2, -0.15) is 0 Å². The van der Waals surface area contributed by atoms with Crippen molar-refractivity contribution in [1.29, 1.82) is 0 Å². The molecule has 0 aliphatic carbocycles. The van der Waals surface area contributed by atoms with E-state index in [2.05, 4.69) is 14.9 Å². The lowest BCUT2D eigenvalue weighted by molar-refractivity contribution is 0.0537. The summed E-state index contributed by atoms with van der Waals surface area (Å²) in [4.78, 5) is 37.9. The normalized spacial score (nSPS) is 19.3. The maximum absolute atomic E-state index is 12.8. The maximum atomic E-state index is 12.8. The minimum absolute atomic E-state index is 0.148. The number of rotatable bonds is 2. The zero-order chi connectivity index (χ0) is 18.9. The summed E-state index contributed by atoms with van der Waals surface area (Å²) < 4.78 is 1.46. The van der Waals surface area contributed by atoms with Crippen LogP contribution in [0.2, 0.25) is 0 Å². The molecule has 4 heterocycles. The lowest BCUT2D eigenvalue weighted by atomic mass is 9.72. The van der Waals surface area contributed by atoms with Crippen LogP contribution in [0.25, 0.3) is 0 Å². The van der Waals surface area contributed by atoms with Crippen molar-refractivity contribution in [3.8, 4) is 0 Å². The molecule has 7 nitrogen and oxygen atoms in total. The van der Waals surface area contributed by atoms with Crippen LogP contribution in [-0.2, 0) is 7.05 Å². The van der Waals surface area contributed by atoms with E-state index in [1.54, 1.807) is 37.8 Å². The van der Waals surface area contributed by atoms with Gasteiger partial charge >= 0.3 is 0 Å². The highest BCUT2D eigenvalue weighted by atomic mass is 16.2. The third-order valence-electron chi connectivity index (χ3n) is 5.96. The molecule has 7 heteroatoms. The molecule has 0 bridgehead atoms. The van der Waals surface area contributed by atoms with Gasteiger partial charge in [-0.1, -0.05) is 0 Å². The van der Waals surface area contributed by atoms with Gasteiger partial charge in [0.25, 0.3) is 11.5 Å². The van der Waals surface area contributed by atoms with Crippen molar-refractivity contribution in [2.75, 3.05) is 31.1 Å². The fraction of sp³-hybridized carbons (Fsp3) is 0.500. The molecule has 2 fully saturated rings. The number of pyridine rings is 1. The van der Waals surface area contributed by atoms with E-state index in [9.17, 15) is 9.59 Å². The van der Waals surface area contributed by atoms with Crippen LogP contribution >= 0.6 is 0 Å². The minimum Gasteiger partial charge on any atom is -0.340 e. The molecular formula is C20H25N5O2. The van der Waals surface area contributed by atoms with E-state index in [4.69, 9.17) is 0 Å². The third kappa shape index (κ3) is 3.46. The van der Waals surface area contributed by atoms with Crippen LogP contribution < -0.4 is 10.5 Å². The summed E-state index contributed by atoms with van der Waals surface area (Å²) >= 11 is 0. The zero-order valence-corrected chi connectivity index (χ0v) is 15.7. The number of piperidine rings is 2. The highest BCUT2D eigenvalue weighted by Gasteiger charge is 2.40. The van der Waals surface area contributed by atoms with E-state index in [0.717, 1.165) is 38.3 Å². The second kappa shape index (κ2) is 7.13. The average molecular weight is 367 g/mol. The van der Waals surface area contributed by atoms with Crippen LogP contribution in [-0.4, -0.2) is 51.5 Å². The molecule has 0 atom stereocenters. The number of anilines is 1. The lowest BCUT2D eigenvalue weighted by Crippen LogP contribution is -2.51. The van der Waals surface area contributed by atoms with Crippen molar-refractivity contribution >= 4 is 11.9 Å². The summed E-state index contributed by atoms with van der Waals surface area (Å²) in [6.07, 6.45) is 9.43. The molecule has 0 N–H and O–H groups in total. The Kier molecular flexibility index (Phi) is 4.68. The van der Waals surface area contributed by atoms with Gasteiger partial charge in [-0.15, -0.1) is 0 Å². The van der Waals surface area contributed by atoms with Crippen LogP contribution in [0.4, 0.5) is 5.95 Å². The van der Waals surface area contributed by atoms with E-state index in [0.29, 0.717) is 13.1 Å². The molecule has 0 saturated carbocycles. The molecule has 0 unspecified atom stereocenters. The maximum Gasteiger partial charge on any atom is 0.263 e. The molecule has 1 amide bonds. The molecule has 2 aliphatic rings. The van der Waals surface area contributed by atoms with Crippen molar-refractivity contribution in [3.05, 3.63) is 52.7 Å². The molecule has 2 aromatic rings. The number of carbonyl (C=O) groups is 1. The summed E-state index contributed by atoms with van der Waals surface area (Å²) in [6.45, 7) is 3.31. The number of nitrogens with zero attached hydrogens (tertiary/aromatic N) is 5. The topological polar surface area (TPSA) is 71.3 Å². The summed E-state index contributed by atoms with van der Waals surface area (Å²) in [5.41, 5.74) is 0.238. The second-order valence-corrected chi connectivity index (χ2v) is 7.70. The van der Waals surface area contributed by atoms with Crippen molar-refractivity contribution in [3.63, 3.8) is 0 Å². The molecular weight excluding hydrogens is 342 g/mol. The van der Waals surface area contributed by atoms with E-state index in [1.165, 1.54) is 11.0 Å². The van der Waals surface area contributed by atoms with Crippen molar-refractivity contribution < 1.29 is 4.79 Å². The SMILES string of the molecule is Cn1cccc(C(=O)N2CCC3(CCCN(c4ncccn4)C3)CC2)c1=O. The molecule has 27 heavy (non-hydrogen) atoms. The van der Waals surface area contributed by atoms with Crippen LogP contribution in [0.3, 0.4) is 0 Å². The molecule has 142 valence electrons. The number of carbonyl (C=O) groups excluding carboxylic acids is 1. The first-order valence-corrected chi connectivity index (χ1v) is 9.55. The van der Waals surface area contributed by atoms with Crippen molar-refractivity contribution in [2.24, 2.45) is 12.5 Å². The summed E-state index contributed by atoms with van der Waals surface area (Å²) in [6, 6.07) is 5.21. The summed E-state index contributed by atoms with van der Waals surface area (Å²) in [5, 5.41) is 0. The number of likely N-dealkylation sites (tertiary alicyclic amines) is 1. The molecule has 4 rings (SSSR count). The Labute approximate surface area is 158 Å². The Morgan fingerprint density at radius 2 is 1.81 bits per heavy atom. The van der Waals surface area contributed by atoms with Gasteiger partial charge in [-0.3, -0.25) is 9.59 Å². The molecule has 2 aromatic heterocycles. The Hall–Kier alpha value is -2.70. The van der Waals surface area contributed by atoms with Gasteiger partial charge in [0.05, 0.1) is 0 Å². The van der Waals surface area contributed by atoms with Crippen LogP contribution in [0.1, 0.15) is 36.0 Å². The Morgan fingerprint density at radius 1 is 1.07 bits per heavy atom. The van der Waals surface area contributed by atoms with Crippen molar-refractivity contribution in [2.45, 2.75) is 25.7 Å². The van der Waals surface area contributed by atoms with Crippen LogP contribution in [0.15, 0.2) is 41.6 Å². The Morgan fingerprint density at radius 3 is 2.56 bits per heavy atom. The molecule has 2 saturated heterocycles. The smallest absolute Gasteiger partial charge is 0.263 e. The van der Waals surface area contributed by atoms with E-state index < -0.39 is 0 Å². The standard InChI is InChI=1S/C20H25N5O2/c1-23-11-2-5-16(17(23)26)18(27)24-13-7-20(8-14-24)6-3-12-25(15-20)19-21-9-4-10-22-19/h2,4-5,9-11H,3,6-8,12-15H2,1H3. The number of hydrogen-bond acceptors (Lipinski definition) is 5. The fourth-order valence-electron chi connectivity index (χ4n) is 4.36. The highest BCUT2D eigenvalue weighted by Crippen LogP contribution is 2.40. The van der Waals surface area contributed by atoms with Gasteiger partial charge in [0.1, 0.15) is 5.56 Å². The van der Waals surface area contributed by atoms with Crippen LogP contribution in [0.5, 0.6) is 0 Å². The second-order valence-electron chi connectivity index (χ2n) is 7.70. The number of amides is 1. The minimum atomic E-state index is -0.229. The summed E-state index contributed by atoms with van der Waals surface area (Å²) in [7, 11) is 1.67. The lowest BCUT2D eigenvalue weighted by Gasteiger charge is -2.47. The zero-order valence-electron chi connectivity index (χ0n) is 15.7. The van der Waals surface area contributed by atoms with Gasteiger partial charge in [0.15, 0.2) is 0 Å². The quantitative estimate of drug-likeness (QED) is 0.808. The van der Waals surface area contributed by atoms with Gasteiger partial charge in [0, 0.05) is 51.8 Å². The van der Waals surface area contributed by atoms with Gasteiger partial charge in [-0.05, 0) is 49.3 Å². The Bertz CT molecular complexity index is 871. The Balaban J connectivity index is 1.44. The predicted molar refractivity (Wildman–Crippen MR) is 103 cm³/mol. The highest BCUT2D eigenvalue weighted by molar-refractivity contribution is 5.93. The molecule has 2 aliphatic heterocycles. The number of hydrogen-bond donors (Lipinski definition) is 0. The molecule has 0 aromatic carbocycles. The van der Waals surface area contributed by atoms with Gasteiger partial charge < -0.3 is 14.4 Å².